The third-order valence-electron chi connectivity index (χ3n) is 2.52. The van der Waals surface area contributed by atoms with E-state index in [-0.39, 0.29) is 11.7 Å². The highest BCUT2D eigenvalue weighted by Crippen LogP contribution is 2.30. The Hall–Kier alpha value is -0.840. The maximum atomic E-state index is 11.5. The van der Waals surface area contributed by atoms with E-state index in [4.69, 9.17) is 4.52 Å². The van der Waals surface area contributed by atoms with Crippen LogP contribution in [0.2, 0.25) is 0 Å². The van der Waals surface area contributed by atoms with Crippen LogP contribution in [0.15, 0.2) is 4.52 Å². The molecule has 1 aromatic rings. The lowest BCUT2D eigenvalue weighted by Gasteiger charge is -1.98. The van der Waals surface area contributed by atoms with Crippen molar-refractivity contribution in [1.82, 2.24) is 10.1 Å². The van der Waals surface area contributed by atoms with Gasteiger partial charge in [0, 0.05) is 6.42 Å². The molecule has 0 bridgehead atoms. The molecule has 1 aliphatic rings. The molecule has 0 radical (unpaired) electrons. The van der Waals surface area contributed by atoms with Gasteiger partial charge in [0.25, 0.3) is 0 Å². The molecule has 1 unspecified atom stereocenters. The van der Waals surface area contributed by atoms with E-state index < -0.39 is 0 Å². The minimum atomic E-state index is -0.127. The second kappa shape index (κ2) is 4.79. The summed E-state index contributed by atoms with van der Waals surface area (Å²) >= 11 is 1.75. The van der Waals surface area contributed by atoms with Crippen molar-refractivity contribution >= 4 is 17.5 Å². The molecule has 0 saturated heterocycles. The molecule has 1 aromatic heterocycles. The van der Waals surface area contributed by atoms with Crippen LogP contribution in [-0.2, 0) is 10.5 Å². The zero-order valence-corrected chi connectivity index (χ0v) is 9.55. The largest absolute Gasteiger partial charge is 0.339 e. The van der Waals surface area contributed by atoms with Gasteiger partial charge in [0.15, 0.2) is 5.82 Å². The average Bonchev–Trinajstić information content (AvgIpc) is 2.83. The lowest BCUT2D eigenvalue weighted by Crippen LogP contribution is -2.04. The van der Waals surface area contributed by atoms with Crippen molar-refractivity contribution in [2.45, 2.75) is 37.9 Å². The Balaban J connectivity index is 2.03. The lowest BCUT2D eigenvalue weighted by molar-refractivity contribution is -0.119. The third kappa shape index (κ3) is 2.40. The van der Waals surface area contributed by atoms with Crippen molar-refractivity contribution in [2.75, 3.05) is 5.75 Å². The number of hydrogen-bond donors (Lipinski definition) is 0. The first kappa shape index (κ1) is 10.7. The minimum Gasteiger partial charge on any atom is -0.339 e. The first-order valence-electron chi connectivity index (χ1n) is 5.24. The van der Waals surface area contributed by atoms with Gasteiger partial charge in [0.2, 0.25) is 5.89 Å². The highest BCUT2D eigenvalue weighted by atomic mass is 32.2. The molecule has 2 rings (SSSR count). The van der Waals surface area contributed by atoms with Crippen molar-refractivity contribution in [1.29, 1.82) is 0 Å². The lowest BCUT2D eigenvalue weighted by atomic mass is 10.1. The fourth-order valence-corrected chi connectivity index (χ4v) is 2.24. The summed E-state index contributed by atoms with van der Waals surface area (Å²) in [4.78, 5) is 15.7. The van der Waals surface area contributed by atoms with Crippen LogP contribution >= 0.6 is 11.8 Å². The van der Waals surface area contributed by atoms with Gasteiger partial charge in [-0.2, -0.15) is 16.7 Å². The molecule has 82 valence electrons. The van der Waals surface area contributed by atoms with E-state index in [0.717, 1.165) is 24.3 Å². The summed E-state index contributed by atoms with van der Waals surface area (Å²) in [5, 5.41) is 3.87. The molecule has 1 saturated carbocycles. The monoisotopic (exact) mass is 226 g/mol. The zero-order valence-electron chi connectivity index (χ0n) is 8.73. The topological polar surface area (TPSA) is 56.0 Å². The highest BCUT2D eigenvalue weighted by molar-refractivity contribution is 7.98. The number of hydrogen-bond acceptors (Lipinski definition) is 5. The first-order valence-corrected chi connectivity index (χ1v) is 6.39. The van der Waals surface area contributed by atoms with Crippen LogP contribution in [0.25, 0.3) is 0 Å². The van der Waals surface area contributed by atoms with Crippen LogP contribution in [0.1, 0.15) is 43.8 Å². The molecule has 5 heteroatoms. The molecule has 1 aliphatic carbocycles. The van der Waals surface area contributed by atoms with Gasteiger partial charge in [-0.1, -0.05) is 12.1 Å². The van der Waals surface area contributed by atoms with E-state index in [1.807, 2.05) is 0 Å². The van der Waals surface area contributed by atoms with E-state index in [1.165, 1.54) is 0 Å². The van der Waals surface area contributed by atoms with Gasteiger partial charge in [0.05, 0.1) is 11.7 Å². The van der Waals surface area contributed by atoms with E-state index in [2.05, 4.69) is 17.1 Å². The second-order valence-electron chi connectivity index (χ2n) is 3.60. The first-order chi connectivity index (χ1) is 7.31. The molecule has 1 fully saturated rings. The van der Waals surface area contributed by atoms with Gasteiger partial charge < -0.3 is 4.52 Å². The maximum Gasteiger partial charge on any atom is 0.237 e. The van der Waals surface area contributed by atoms with Gasteiger partial charge in [-0.3, -0.25) is 4.79 Å². The maximum absolute atomic E-state index is 11.5. The molecular formula is C10H14N2O2S. The van der Waals surface area contributed by atoms with Crippen molar-refractivity contribution in [3.63, 3.8) is 0 Å². The number of rotatable bonds is 4. The van der Waals surface area contributed by atoms with Crippen LogP contribution in [-0.4, -0.2) is 21.7 Å². The van der Waals surface area contributed by atoms with Gasteiger partial charge in [-0.25, -0.2) is 0 Å². The van der Waals surface area contributed by atoms with Gasteiger partial charge in [0.1, 0.15) is 5.78 Å². The molecular weight excluding hydrogens is 212 g/mol. The van der Waals surface area contributed by atoms with E-state index in [9.17, 15) is 4.79 Å². The molecule has 0 amide bonds. The Morgan fingerprint density at radius 2 is 2.47 bits per heavy atom. The summed E-state index contributed by atoms with van der Waals surface area (Å²) in [5.41, 5.74) is 0. The standard InChI is InChI=1S/C10H14N2O2S/c1-2-15-6-9-11-10(14-12-9)7-4-3-5-8(7)13/h7H,2-6H2,1H3. The number of Topliss-reactive ketones (excluding diaryl/α,β-unsaturated/α-hetero) is 1. The number of ketones is 1. The summed E-state index contributed by atoms with van der Waals surface area (Å²) in [6.07, 6.45) is 2.47. The number of aromatic nitrogens is 2. The Bertz CT molecular complexity index is 351. The molecule has 1 heterocycles. The van der Waals surface area contributed by atoms with E-state index in [0.29, 0.717) is 18.1 Å². The van der Waals surface area contributed by atoms with E-state index in [1.54, 1.807) is 11.8 Å². The summed E-state index contributed by atoms with van der Waals surface area (Å²) in [6.45, 7) is 2.09. The van der Waals surface area contributed by atoms with Crippen molar-refractivity contribution < 1.29 is 9.32 Å². The Kier molecular flexibility index (Phi) is 3.41. The summed E-state index contributed by atoms with van der Waals surface area (Å²) < 4.78 is 5.12. The summed E-state index contributed by atoms with van der Waals surface area (Å²) in [7, 11) is 0. The predicted octanol–water partition coefficient (Wildman–Crippen LogP) is 2.16. The number of carbonyl (C=O) groups excluding carboxylic acids is 1. The van der Waals surface area contributed by atoms with Crippen molar-refractivity contribution in [3.8, 4) is 0 Å². The normalized spacial score (nSPS) is 21.1. The quantitative estimate of drug-likeness (QED) is 0.787. The van der Waals surface area contributed by atoms with Gasteiger partial charge in [-0.15, -0.1) is 0 Å². The van der Waals surface area contributed by atoms with Crippen LogP contribution in [0.5, 0.6) is 0 Å². The number of thioether (sulfide) groups is 1. The Morgan fingerprint density at radius 1 is 1.60 bits per heavy atom. The highest BCUT2D eigenvalue weighted by Gasteiger charge is 2.30. The van der Waals surface area contributed by atoms with Gasteiger partial charge >= 0.3 is 0 Å². The molecule has 15 heavy (non-hydrogen) atoms. The van der Waals surface area contributed by atoms with Crippen LogP contribution in [0.3, 0.4) is 0 Å². The third-order valence-corrected chi connectivity index (χ3v) is 3.39. The minimum absolute atomic E-state index is 0.127. The predicted molar refractivity (Wildman–Crippen MR) is 57.7 cm³/mol. The SMILES string of the molecule is CCSCc1noc(C2CCCC2=O)n1. The average molecular weight is 226 g/mol. The van der Waals surface area contributed by atoms with Crippen LogP contribution in [0, 0.1) is 0 Å². The molecule has 0 spiro atoms. The molecule has 0 aliphatic heterocycles. The Morgan fingerprint density at radius 3 is 3.13 bits per heavy atom. The van der Waals surface area contributed by atoms with Crippen molar-refractivity contribution in [2.24, 2.45) is 0 Å². The van der Waals surface area contributed by atoms with E-state index >= 15 is 0 Å². The zero-order chi connectivity index (χ0) is 10.7. The van der Waals surface area contributed by atoms with Crippen LogP contribution < -0.4 is 0 Å². The van der Waals surface area contributed by atoms with Crippen LogP contribution in [0.4, 0.5) is 0 Å². The molecule has 0 aromatic carbocycles. The summed E-state index contributed by atoms with van der Waals surface area (Å²) in [5.74, 6) is 3.14. The van der Waals surface area contributed by atoms with Gasteiger partial charge in [-0.05, 0) is 18.6 Å². The number of carbonyl (C=O) groups is 1. The fraction of sp³-hybridized carbons (Fsp3) is 0.700. The second-order valence-corrected chi connectivity index (χ2v) is 4.87. The fourth-order valence-electron chi connectivity index (χ4n) is 1.74. The smallest absolute Gasteiger partial charge is 0.237 e. The number of nitrogens with zero attached hydrogens (tertiary/aromatic N) is 2. The van der Waals surface area contributed by atoms with Crippen molar-refractivity contribution in [3.05, 3.63) is 11.7 Å². The molecule has 1 atom stereocenters. The summed E-state index contributed by atoms with van der Waals surface area (Å²) in [6, 6.07) is 0. The molecule has 4 nitrogen and oxygen atoms in total. The Labute approximate surface area is 92.8 Å². The molecule has 0 N–H and O–H groups in total.